The number of hydrogen-bond acceptors (Lipinski definition) is 4. The highest BCUT2D eigenvalue weighted by atomic mass is 32.2. The van der Waals surface area contributed by atoms with Gasteiger partial charge >= 0.3 is 0 Å². The molecule has 0 aliphatic carbocycles. The quantitative estimate of drug-likeness (QED) is 0.741. The Hall–Kier alpha value is -1.30. The van der Waals surface area contributed by atoms with Crippen molar-refractivity contribution in [3.05, 3.63) is 51.7 Å². The molecule has 0 unspecified atom stereocenters. The number of thiophene rings is 1. The van der Waals surface area contributed by atoms with Gasteiger partial charge in [-0.15, -0.1) is 23.1 Å². The second kappa shape index (κ2) is 7.51. The first-order valence-electron chi connectivity index (χ1n) is 7.77. The molecular weight excluding hydrogens is 326 g/mol. The van der Waals surface area contributed by atoms with Crippen molar-refractivity contribution in [2.45, 2.75) is 30.4 Å². The van der Waals surface area contributed by atoms with Crippen molar-refractivity contribution < 1.29 is 9.53 Å². The highest BCUT2D eigenvalue weighted by Gasteiger charge is 2.22. The fourth-order valence-corrected chi connectivity index (χ4v) is 4.32. The maximum Gasteiger partial charge on any atom is 0.263 e. The molecule has 0 saturated carbocycles. The summed E-state index contributed by atoms with van der Waals surface area (Å²) in [4.78, 5) is 17.6. The summed E-state index contributed by atoms with van der Waals surface area (Å²) in [5.41, 5.74) is 1.16. The molecule has 122 valence electrons. The van der Waals surface area contributed by atoms with Crippen molar-refractivity contribution in [2.75, 3.05) is 19.9 Å². The first-order chi connectivity index (χ1) is 11.2. The standard InChI is InChI=1S/C18H21NO2S2/c1-19(12-13-5-3-6-14(11-13)22-2)18(20)17-9-8-16(23-17)15-7-4-10-21-15/h3,5-6,8-9,11,15H,4,7,10,12H2,1-2H3/t15-/m1/s1. The lowest BCUT2D eigenvalue weighted by Crippen LogP contribution is -2.25. The normalized spacial score (nSPS) is 17.4. The Morgan fingerprint density at radius 3 is 3.00 bits per heavy atom. The molecule has 3 nitrogen and oxygen atoms in total. The van der Waals surface area contributed by atoms with Crippen LogP contribution in [0.3, 0.4) is 0 Å². The van der Waals surface area contributed by atoms with Crippen molar-refractivity contribution >= 4 is 29.0 Å². The van der Waals surface area contributed by atoms with Crippen LogP contribution in [0.5, 0.6) is 0 Å². The van der Waals surface area contributed by atoms with E-state index in [4.69, 9.17) is 4.74 Å². The van der Waals surface area contributed by atoms with Gasteiger partial charge in [-0.1, -0.05) is 12.1 Å². The Kier molecular flexibility index (Phi) is 5.41. The summed E-state index contributed by atoms with van der Waals surface area (Å²) in [5.74, 6) is 0.0776. The van der Waals surface area contributed by atoms with E-state index in [1.165, 1.54) is 9.77 Å². The predicted octanol–water partition coefficient (Wildman–Crippen LogP) is 4.59. The van der Waals surface area contributed by atoms with Crippen LogP contribution in [0, 0.1) is 0 Å². The van der Waals surface area contributed by atoms with E-state index in [9.17, 15) is 4.79 Å². The predicted molar refractivity (Wildman–Crippen MR) is 96.3 cm³/mol. The number of thioether (sulfide) groups is 1. The van der Waals surface area contributed by atoms with Gasteiger partial charge in [-0.2, -0.15) is 0 Å². The van der Waals surface area contributed by atoms with Gasteiger partial charge in [0.1, 0.15) is 0 Å². The van der Waals surface area contributed by atoms with Crippen LogP contribution in [0.15, 0.2) is 41.3 Å². The van der Waals surface area contributed by atoms with Gasteiger partial charge in [0, 0.05) is 30.0 Å². The molecule has 0 bridgehead atoms. The van der Waals surface area contributed by atoms with Gasteiger partial charge in [0.2, 0.25) is 0 Å². The minimum Gasteiger partial charge on any atom is -0.373 e. The third-order valence-corrected chi connectivity index (χ3v) is 5.88. The maximum absolute atomic E-state index is 12.6. The van der Waals surface area contributed by atoms with Crippen molar-refractivity contribution in [2.24, 2.45) is 0 Å². The monoisotopic (exact) mass is 347 g/mol. The fraction of sp³-hybridized carbons (Fsp3) is 0.389. The number of carbonyl (C=O) groups is 1. The van der Waals surface area contributed by atoms with Crippen LogP contribution < -0.4 is 0 Å². The summed E-state index contributed by atoms with van der Waals surface area (Å²) >= 11 is 3.28. The molecule has 23 heavy (non-hydrogen) atoms. The molecule has 0 spiro atoms. The molecule has 5 heteroatoms. The molecule has 1 amide bonds. The lowest BCUT2D eigenvalue weighted by Gasteiger charge is -2.16. The SMILES string of the molecule is CSc1cccc(CN(C)C(=O)c2ccc([C@H]3CCCO3)s2)c1. The van der Waals surface area contributed by atoms with Gasteiger partial charge in [-0.3, -0.25) is 4.79 Å². The topological polar surface area (TPSA) is 29.5 Å². The summed E-state index contributed by atoms with van der Waals surface area (Å²) in [5, 5.41) is 0. The molecule has 1 aliphatic heterocycles. The molecule has 1 fully saturated rings. The summed E-state index contributed by atoms with van der Waals surface area (Å²) in [7, 11) is 1.86. The number of ether oxygens (including phenoxy) is 1. The van der Waals surface area contributed by atoms with E-state index in [0.717, 1.165) is 29.9 Å². The van der Waals surface area contributed by atoms with E-state index in [0.29, 0.717) is 6.54 Å². The van der Waals surface area contributed by atoms with Crippen LogP contribution in [0.2, 0.25) is 0 Å². The number of rotatable bonds is 5. The highest BCUT2D eigenvalue weighted by Crippen LogP contribution is 2.33. The van der Waals surface area contributed by atoms with Gasteiger partial charge in [0.05, 0.1) is 11.0 Å². The molecule has 0 radical (unpaired) electrons. The molecule has 2 aromatic rings. The second-order valence-electron chi connectivity index (χ2n) is 5.72. The first-order valence-corrected chi connectivity index (χ1v) is 9.81. The van der Waals surface area contributed by atoms with E-state index in [1.807, 2.05) is 25.2 Å². The number of nitrogens with zero attached hydrogens (tertiary/aromatic N) is 1. The van der Waals surface area contributed by atoms with E-state index in [-0.39, 0.29) is 12.0 Å². The number of carbonyl (C=O) groups excluding carboxylic acids is 1. The maximum atomic E-state index is 12.6. The lowest BCUT2D eigenvalue weighted by atomic mass is 10.2. The van der Waals surface area contributed by atoms with Crippen molar-refractivity contribution in [3.63, 3.8) is 0 Å². The number of benzene rings is 1. The molecule has 1 aliphatic rings. The van der Waals surface area contributed by atoms with Crippen molar-refractivity contribution in [1.29, 1.82) is 0 Å². The Balaban J connectivity index is 1.67. The zero-order valence-corrected chi connectivity index (χ0v) is 15.1. The summed E-state index contributed by atoms with van der Waals surface area (Å²) in [6.07, 6.45) is 4.42. The Bertz CT molecular complexity index is 677. The molecule has 0 N–H and O–H groups in total. The fourth-order valence-electron chi connectivity index (χ4n) is 2.75. The van der Waals surface area contributed by atoms with Gasteiger partial charge in [0.25, 0.3) is 5.91 Å². The van der Waals surface area contributed by atoms with Crippen LogP contribution >= 0.6 is 23.1 Å². The minimum absolute atomic E-state index is 0.0776. The minimum atomic E-state index is 0.0776. The van der Waals surface area contributed by atoms with Crippen molar-refractivity contribution in [1.82, 2.24) is 4.90 Å². The largest absolute Gasteiger partial charge is 0.373 e. The van der Waals surface area contributed by atoms with Gasteiger partial charge < -0.3 is 9.64 Å². The zero-order valence-electron chi connectivity index (χ0n) is 13.5. The molecule has 1 aromatic carbocycles. The summed E-state index contributed by atoms with van der Waals surface area (Å²) in [6, 6.07) is 12.3. The molecule has 1 atom stereocenters. The average molecular weight is 348 g/mol. The van der Waals surface area contributed by atoms with Crippen LogP contribution in [0.1, 0.15) is 39.1 Å². The zero-order chi connectivity index (χ0) is 16.2. The first kappa shape index (κ1) is 16.6. The van der Waals surface area contributed by atoms with Crippen LogP contribution in [0.4, 0.5) is 0 Å². The molecular formula is C18H21NO2S2. The van der Waals surface area contributed by atoms with E-state index in [2.05, 4.69) is 24.5 Å². The number of amides is 1. The van der Waals surface area contributed by atoms with Crippen LogP contribution in [0.25, 0.3) is 0 Å². The van der Waals surface area contributed by atoms with Crippen LogP contribution in [-0.2, 0) is 11.3 Å². The van der Waals surface area contributed by atoms with Gasteiger partial charge in [-0.25, -0.2) is 0 Å². The average Bonchev–Trinajstić information content (AvgIpc) is 3.25. The summed E-state index contributed by atoms with van der Waals surface area (Å²) in [6.45, 7) is 1.46. The van der Waals surface area contributed by atoms with E-state index < -0.39 is 0 Å². The van der Waals surface area contributed by atoms with E-state index in [1.54, 1.807) is 28.0 Å². The van der Waals surface area contributed by atoms with E-state index >= 15 is 0 Å². The summed E-state index contributed by atoms with van der Waals surface area (Å²) < 4.78 is 5.70. The highest BCUT2D eigenvalue weighted by molar-refractivity contribution is 7.98. The smallest absolute Gasteiger partial charge is 0.263 e. The Morgan fingerprint density at radius 1 is 1.39 bits per heavy atom. The molecule has 1 saturated heterocycles. The molecule has 2 heterocycles. The lowest BCUT2D eigenvalue weighted by molar-refractivity contribution is 0.0790. The molecule has 3 rings (SSSR count). The van der Waals surface area contributed by atoms with Crippen molar-refractivity contribution in [3.8, 4) is 0 Å². The third-order valence-electron chi connectivity index (χ3n) is 3.99. The second-order valence-corrected chi connectivity index (χ2v) is 7.71. The Morgan fingerprint density at radius 2 is 2.26 bits per heavy atom. The van der Waals surface area contributed by atoms with Gasteiger partial charge in [-0.05, 0) is 48.9 Å². The number of hydrogen-bond donors (Lipinski definition) is 0. The Labute approximate surface area is 145 Å². The third kappa shape index (κ3) is 3.97. The van der Waals surface area contributed by atoms with Crippen LogP contribution in [-0.4, -0.2) is 30.7 Å². The van der Waals surface area contributed by atoms with Gasteiger partial charge in [0.15, 0.2) is 0 Å². The molecule has 1 aromatic heterocycles.